The van der Waals surface area contributed by atoms with E-state index in [0.717, 1.165) is 53.8 Å². The van der Waals surface area contributed by atoms with Crippen LogP contribution in [0.15, 0.2) is 72.8 Å². The van der Waals surface area contributed by atoms with Crippen molar-refractivity contribution in [1.82, 2.24) is 9.88 Å². The standard InChI is InChI=1S/C26H25N3OS/c27-23-21-11-12-22(20-9-5-2-6-10-20)28-25(21)31-24(23)26(30)29-15-13-19(14-16-29)17-18-7-3-1-4-8-18/h1-12,19H,13-17,27H2. The van der Waals surface area contributed by atoms with Gasteiger partial charge in [-0.15, -0.1) is 11.3 Å². The van der Waals surface area contributed by atoms with Crippen molar-refractivity contribution in [2.75, 3.05) is 18.8 Å². The lowest BCUT2D eigenvalue weighted by atomic mass is 9.90. The first-order chi connectivity index (χ1) is 15.2. The molecule has 0 aliphatic carbocycles. The zero-order valence-corrected chi connectivity index (χ0v) is 18.1. The van der Waals surface area contributed by atoms with Crippen LogP contribution in [-0.4, -0.2) is 28.9 Å². The quantitative estimate of drug-likeness (QED) is 0.458. The van der Waals surface area contributed by atoms with Gasteiger partial charge in [0.25, 0.3) is 5.91 Å². The highest BCUT2D eigenvalue weighted by molar-refractivity contribution is 7.21. The van der Waals surface area contributed by atoms with E-state index < -0.39 is 0 Å². The van der Waals surface area contributed by atoms with E-state index in [1.165, 1.54) is 16.9 Å². The topological polar surface area (TPSA) is 59.2 Å². The summed E-state index contributed by atoms with van der Waals surface area (Å²) in [4.78, 5) is 21.4. The molecule has 1 fully saturated rings. The molecule has 4 nitrogen and oxygen atoms in total. The highest BCUT2D eigenvalue weighted by atomic mass is 32.1. The summed E-state index contributed by atoms with van der Waals surface area (Å²) < 4.78 is 0. The molecule has 31 heavy (non-hydrogen) atoms. The van der Waals surface area contributed by atoms with Gasteiger partial charge in [0.15, 0.2) is 0 Å². The van der Waals surface area contributed by atoms with Gasteiger partial charge in [0.05, 0.1) is 11.4 Å². The van der Waals surface area contributed by atoms with Crippen molar-refractivity contribution in [2.24, 2.45) is 5.92 Å². The third-order valence-corrected chi connectivity index (χ3v) is 7.23. The van der Waals surface area contributed by atoms with Crippen molar-refractivity contribution in [3.63, 3.8) is 0 Å². The summed E-state index contributed by atoms with van der Waals surface area (Å²) in [5.74, 6) is 0.668. The molecule has 1 aliphatic rings. The SMILES string of the molecule is Nc1c(C(=O)N2CCC(Cc3ccccc3)CC2)sc2nc(-c3ccccc3)ccc12. The Bertz CT molecular complexity index is 1200. The molecule has 1 saturated heterocycles. The Morgan fingerprint density at radius 1 is 0.968 bits per heavy atom. The number of amides is 1. The van der Waals surface area contributed by atoms with Gasteiger partial charge in [-0.25, -0.2) is 4.98 Å². The summed E-state index contributed by atoms with van der Waals surface area (Å²) in [7, 11) is 0. The lowest BCUT2D eigenvalue weighted by Crippen LogP contribution is -2.38. The molecule has 1 aliphatic heterocycles. The number of nitrogen functional groups attached to an aromatic ring is 1. The Kier molecular flexibility index (Phi) is 5.43. The molecule has 5 rings (SSSR count). The Labute approximate surface area is 186 Å². The molecule has 0 atom stereocenters. The number of nitrogens with zero attached hydrogens (tertiary/aromatic N) is 2. The summed E-state index contributed by atoms with van der Waals surface area (Å²) >= 11 is 1.41. The zero-order chi connectivity index (χ0) is 21.2. The lowest BCUT2D eigenvalue weighted by Gasteiger charge is -2.32. The summed E-state index contributed by atoms with van der Waals surface area (Å²) in [5.41, 5.74) is 10.3. The largest absolute Gasteiger partial charge is 0.397 e. The predicted molar refractivity (Wildman–Crippen MR) is 128 cm³/mol. The second-order valence-electron chi connectivity index (χ2n) is 8.19. The molecule has 156 valence electrons. The third-order valence-electron chi connectivity index (χ3n) is 6.13. The number of fused-ring (bicyclic) bond motifs is 1. The summed E-state index contributed by atoms with van der Waals surface area (Å²) in [6.45, 7) is 1.57. The Balaban J connectivity index is 1.31. The zero-order valence-electron chi connectivity index (χ0n) is 17.3. The van der Waals surface area contributed by atoms with Crippen LogP contribution in [0.2, 0.25) is 0 Å². The van der Waals surface area contributed by atoms with Crippen molar-refractivity contribution >= 4 is 33.1 Å². The van der Waals surface area contributed by atoms with E-state index in [9.17, 15) is 4.79 Å². The van der Waals surface area contributed by atoms with Gasteiger partial charge in [-0.05, 0) is 42.9 Å². The minimum atomic E-state index is 0.0416. The van der Waals surface area contributed by atoms with Gasteiger partial charge in [0, 0.05) is 24.0 Å². The van der Waals surface area contributed by atoms with Gasteiger partial charge in [0.2, 0.25) is 0 Å². The number of piperidine rings is 1. The monoisotopic (exact) mass is 427 g/mol. The van der Waals surface area contributed by atoms with Gasteiger partial charge in [-0.3, -0.25) is 4.79 Å². The number of hydrogen-bond donors (Lipinski definition) is 1. The van der Waals surface area contributed by atoms with Crippen molar-refractivity contribution in [1.29, 1.82) is 0 Å². The number of likely N-dealkylation sites (tertiary alicyclic amines) is 1. The molecular formula is C26H25N3OS. The minimum Gasteiger partial charge on any atom is -0.397 e. The van der Waals surface area contributed by atoms with Crippen LogP contribution in [0.3, 0.4) is 0 Å². The molecule has 2 aromatic heterocycles. The van der Waals surface area contributed by atoms with E-state index in [0.29, 0.717) is 16.5 Å². The number of anilines is 1. The summed E-state index contributed by atoms with van der Waals surface area (Å²) in [6.07, 6.45) is 3.14. The van der Waals surface area contributed by atoms with Crippen molar-refractivity contribution < 1.29 is 4.79 Å². The van der Waals surface area contributed by atoms with E-state index in [2.05, 4.69) is 30.3 Å². The van der Waals surface area contributed by atoms with Crippen LogP contribution in [0.25, 0.3) is 21.5 Å². The average Bonchev–Trinajstić information content (AvgIpc) is 3.16. The van der Waals surface area contributed by atoms with Crippen LogP contribution >= 0.6 is 11.3 Å². The number of thiophene rings is 1. The smallest absolute Gasteiger partial charge is 0.266 e. The lowest BCUT2D eigenvalue weighted by molar-refractivity contribution is 0.0696. The molecule has 0 saturated carbocycles. The van der Waals surface area contributed by atoms with E-state index in [1.807, 2.05) is 47.4 Å². The van der Waals surface area contributed by atoms with Crippen LogP contribution in [0.4, 0.5) is 5.69 Å². The van der Waals surface area contributed by atoms with E-state index in [1.54, 1.807) is 0 Å². The molecular weight excluding hydrogens is 402 g/mol. The highest BCUT2D eigenvalue weighted by Crippen LogP contribution is 2.35. The van der Waals surface area contributed by atoms with Gasteiger partial charge in [-0.1, -0.05) is 60.7 Å². The Hall–Kier alpha value is -3.18. The molecule has 3 heterocycles. The number of aromatic nitrogens is 1. The fourth-order valence-electron chi connectivity index (χ4n) is 4.36. The van der Waals surface area contributed by atoms with Crippen molar-refractivity contribution in [3.05, 3.63) is 83.2 Å². The maximum Gasteiger partial charge on any atom is 0.266 e. The first-order valence-corrected chi connectivity index (χ1v) is 11.6. The first kappa shape index (κ1) is 19.8. The minimum absolute atomic E-state index is 0.0416. The second-order valence-corrected chi connectivity index (χ2v) is 9.18. The van der Waals surface area contributed by atoms with Gasteiger partial charge < -0.3 is 10.6 Å². The molecule has 4 aromatic rings. The Morgan fingerprint density at radius 3 is 2.35 bits per heavy atom. The molecule has 0 unspecified atom stereocenters. The van der Waals surface area contributed by atoms with Gasteiger partial charge in [-0.2, -0.15) is 0 Å². The first-order valence-electron chi connectivity index (χ1n) is 10.8. The van der Waals surface area contributed by atoms with Crippen LogP contribution < -0.4 is 5.73 Å². The van der Waals surface area contributed by atoms with Gasteiger partial charge >= 0.3 is 0 Å². The molecule has 1 amide bonds. The van der Waals surface area contributed by atoms with Crippen LogP contribution in [0, 0.1) is 5.92 Å². The Morgan fingerprint density at radius 2 is 1.65 bits per heavy atom. The molecule has 0 spiro atoms. The molecule has 0 bridgehead atoms. The maximum atomic E-state index is 13.2. The van der Waals surface area contributed by atoms with Crippen LogP contribution in [-0.2, 0) is 6.42 Å². The number of nitrogens with two attached hydrogens (primary N) is 1. The van der Waals surface area contributed by atoms with Crippen LogP contribution in [0.5, 0.6) is 0 Å². The molecule has 0 radical (unpaired) electrons. The van der Waals surface area contributed by atoms with Gasteiger partial charge in [0.1, 0.15) is 9.71 Å². The van der Waals surface area contributed by atoms with E-state index in [4.69, 9.17) is 10.7 Å². The van der Waals surface area contributed by atoms with E-state index >= 15 is 0 Å². The average molecular weight is 428 g/mol. The van der Waals surface area contributed by atoms with Crippen LogP contribution in [0.1, 0.15) is 28.1 Å². The summed E-state index contributed by atoms with van der Waals surface area (Å²) in [5, 5.41) is 0.868. The number of benzene rings is 2. The number of hydrogen-bond acceptors (Lipinski definition) is 4. The number of carbonyl (C=O) groups is 1. The third kappa shape index (κ3) is 4.06. The molecule has 5 heteroatoms. The molecule has 2 N–H and O–H groups in total. The van der Waals surface area contributed by atoms with Crippen molar-refractivity contribution in [2.45, 2.75) is 19.3 Å². The fraction of sp³-hybridized carbons (Fsp3) is 0.231. The second kappa shape index (κ2) is 8.52. The number of rotatable bonds is 4. The maximum absolute atomic E-state index is 13.2. The fourth-order valence-corrected chi connectivity index (χ4v) is 5.42. The summed E-state index contributed by atoms with van der Waals surface area (Å²) in [6, 6.07) is 24.6. The van der Waals surface area contributed by atoms with E-state index in [-0.39, 0.29) is 5.91 Å². The number of pyridine rings is 1. The number of carbonyl (C=O) groups excluding carboxylic acids is 1. The highest BCUT2D eigenvalue weighted by Gasteiger charge is 2.27. The normalized spacial score (nSPS) is 14.8. The van der Waals surface area contributed by atoms with Crippen molar-refractivity contribution in [3.8, 4) is 11.3 Å². The molecule has 2 aromatic carbocycles. The predicted octanol–water partition coefficient (Wildman–Crippen LogP) is 5.64.